The highest BCUT2D eigenvalue weighted by Crippen LogP contribution is 2.19. The second kappa shape index (κ2) is 14.0. The van der Waals surface area contributed by atoms with E-state index in [1.807, 2.05) is 0 Å². The van der Waals surface area contributed by atoms with Crippen LogP contribution in [0.3, 0.4) is 0 Å². The fourth-order valence-corrected chi connectivity index (χ4v) is 1.32. The molecule has 2 atom stereocenters. The Balaban J connectivity index is 0. The minimum absolute atomic E-state index is 0.0874. The van der Waals surface area contributed by atoms with Crippen molar-refractivity contribution in [3.8, 4) is 0 Å². The van der Waals surface area contributed by atoms with Crippen LogP contribution in [0.5, 0.6) is 0 Å². The summed E-state index contributed by atoms with van der Waals surface area (Å²) in [4.78, 5) is 10.0. The van der Waals surface area contributed by atoms with Gasteiger partial charge in [-0.3, -0.25) is 4.90 Å². The van der Waals surface area contributed by atoms with E-state index in [9.17, 15) is 4.57 Å². The van der Waals surface area contributed by atoms with Crippen LogP contribution in [-0.2, 0) is 9.09 Å². The molecular formula is C10H25NO5P+. The van der Waals surface area contributed by atoms with Crippen LogP contribution in [0.25, 0.3) is 0 Å². The molecule has 0 amide bonds. The molecule has 2 unspecified atom stereocenters. The first-order valence-electron chi connectivity index (χ1n) is 5.82. The molecule has 0 spiro atoms. The molecule has 0 aliphatic heterocycles. The van der Waals surface area contributed by atoms with Crippen LogP contribution >= 0.6 is 8.25 Å². The van der Waals surface area contributed by atoms with Gasteiger partial charge in [-0.1, -0.05) is 26.7 Å². The van der Waals surface area contributed by atoms with Gasteiger partial charge in [-0.15, -0.1) is 9.42 Å². The predicted molar refractivity (Wildman–Crippen MR) is 66.7 cm³/mol. The summed E-state index contributed by atoms with van der Waals surface area (Å²) in [5.74, 6) is 0. The molecule has 0 aliphatic rings. The largest absolute Gasteiger partial charge is 0.696 e. The smallest absolute Gasteiger partial charge is 0.395 e. The third-order valence-electron chi connectivity index (χ3n) is 2.03. The van der Waals surface area contributed by atoms with Crippen LogP contribution < -0.4 is 0 Å². The summed E-state index contributed by atoms with van der Waals surface area (Å²) in [6, 6.07) is 0. The van der Waals surface area contributed by atoms with Gasteiger partial charge in [0, 0.05) is 17.7 Å². The highest BCUT2D eigenvalue weighted by Gasteiger charge is 2.23. The van der Waals surface area contributed by atoms with Crippen molar-refractivity contribution < 1.29 is 24.2 Å². The molecule has 3 N–H and O–H groups in total. The van der Waals surface area contributed by atoms with Gasteiger partial charge in [0.2, 0.25) is 0 Å². The molecule has 0 rings (SSSR count). The van der Waals surface area contributed by atoms with E-state index in [0.717, 1.165) is 0 Å². The predicted octanol–water partition coefficient (Wildman–Crippen LogP) is 1.09. The number of hydrogen-bond acceptors (Lipinski definition) is 5. The maximum atomic E-state index is 10.3. The van der Waals surface area contributed by atoms with E-state index in [4.69, 9.17) is 15.1 Å². The molecule has 0 aromatic rings. The SMILES string of the molecule is CC(O[P+](=O)O)N(CCO)CCO.CCCC. The summed E-state index contributed by atoms with van der Waals surface area (Å²) in [5, 5.41) is 17.3. The van der Waals surface area contributed by atoms with Crippen LogP contribution in [-0.4, -0.2) is 52.5 Å². The van der Waals surface area contributed by atoms with Crippen LogP contribution in [0.1, 0.15) is 33.6 Å². The Morgan fingerprint density at radius 2 is 1.59 bits per heavy atom. The van der Waals surface area contributed by atoms with Crippen molar-refractivity contribution in [3.05, 3.63) is 0 Å². The van der Waals surface area contributed by atoms with Crippen molar-refractivity contribution in [3.63, 3.8) is 0 Å². The molecule has 0 aliphatic carbocycles. The highest BCUT2D eigenvalue weighted by atomic mass is 31.1. The lowest BCUT2D eigenvalue weighted by Gasteiger charge is -2.22. The maximum Gasteiger partial charge on any atom is 0.696 e. The third kappa shape index (κ3) is 13.8. The summed E-state index contributed by atoms with van der Waals surface area (Å²) < 4.78 is 14.9. The van der Waals surface area contributed by atoms with Gasteiger partial charge < -0.3 is 10.2 Å². The maximum absolute atomic E-state index is 10.3. The quantitative estimate of drug-likeness (QED) is 0.452. The normalized spacial score (nSPS) is 13.0. The van der Waals surface area contributed by atoms with Gasteiger partial charge in [0.15, 0.2) is 6.23 Å². The Kier molecular flexibility index (Phi) is 15.8. The van der Waals surface area contributed by atoms with Gasteiger partial charge in [-0.25, -0.2) is 0 Å². The second-order valence-electron chi connectivity index (χ2n) is 3.43. The molecule has 0 fully saturated rings. The molecule has 0 saturated heterocycles. The van der Waals surface area contributed by atoms with Crippen molar-refractivity contribution in [2.45, 2.75) is 39.8 Å². The van der Waals surface area contributed by atoms with Crippen LogP contribution in [0.2, 0.25) is 0 Å². The molecular weight excluding hydrogens is 245 g/mol. The van der Waals surface area contributed by atoms with Gasteiger partial charge in [0.25, 0.3) is 0 Å². The Morgan fingerprint density at radius 1 is 1.18 bits per heavy atom. The number of aliphatic hydroxyl groups excluding tert-OH is 2. The number of aliphatic hydroxyl groups is 2. The van der Waals surface area contributed by atoms with E-state index < -0.39 is 14.5 Å². The monoisotopic (exact) mass is 270 g/mol. The lowest BCUT2D eigenvalue weighted by Crippen LogP contribution is -2.38. The summed E-state index contributed by atoms with van der Waals surface area (Å²) in [7, 11) is -2.65. The van der Waals surface area contributed by atoms with Crippen LogP contribution in [0, 0.1) is 0 Å². The number of hydrogen-bond donors (Lipinski definition) is 3. The number of rotatable bonds is 8. The average molecular weight is 270 g/mol. The van der Waals surface area contributed by atoms with Gasteiger partial charge in [0.1, 0.15) is 0 Å². The van der Waals surface area contributed by atoms with E-state index in [-0.39, 0.29) is 13.2 Å². The fourth-order valence-electron chi connectivity index (χ4n) is 0.929. The van der Waals surface area contributed by atoms with E-state index in [1.54, 1.807) is 11.8 Å². The lowest BCUT2D eigenvalue weighted by molar-refractivity contribution is 0.0153. The fraction of sp³-hybridized carbons (Fsp3) is 1.00. The lowest BCUT2D eigenvalue weighted by atomic mass is 10.4. The van der Waals surface area contributed by atoms with Crippen LogP contribution in [0.4, 0.5) is 0 Å². The molecule has 0 aromatic heterocycles. The van der Waals surface area contributed by atoms with Crippen molar-refractivity contribution >= 4 is 8.25 Å². The molecule has 17 heavy (non-hydrogen) atoms. The molecule has 6 nitrogen and oxygen atoms in total. The molecule has 0 radical (unpaired) electrons. The molecule has 0 saturated carbocycles. The van der Waals surface area contributed by atoms with Gasteiger partial charge >= 0.3 is 8.25 Å². The van der Waals surface area contributed by atoms with E-state index in [1.165, 1.54) is 12.8 Å². The second-order valence-corrected chi connectivity index (χ2v) is 4.11. The summed E-state index contributed by atoms with van der Waals surface area (Å²) >= 11 is 0. The molecule has 104 valence electrons. The molecule has 0 aromatic carbocycles. The first kappa shape index (κ1) is 19.2. The number of unbranched alkanes of at least 4 members (excludes halogenated alkanes) is 1. The zero-order valence-corrected chi connectivity index (χ0v) is 11.8. The van der Waals surface area contributed by atoms with Crippen molar-refractivity contribution in [2.75, 3.05) is 26.3 Å². The molecule has 0 bridgehead atoms. The Hall–Kier alpha value is -0.100. The first-order chi connectivity index (χ1) is 8.03. The van der Waals surface area contributed by atoms with Gasteiger partial charge in [0.05, 0.1) is 13.2 Å². The zero-order valence-electron chi connectivity index (χ0n) is 10.9. The van der Waals surface area contributed by atoms with Crippen molar-refractivity contribution in [2.24, 2.45) is 0 Å². The minimum Gasteiger partial charge on any atom is -0.395 e. The summed E-state index contributed by atoms with van der Waals surface area (Å²) in [6.45, 7) is 6.36. The van der Waals surface area contributed by atoms with E-state index >= 15 is 0 Å². The minimum atomic E-state index is -2.65. The Labute approximate surface area is 104 Å². The van der Waals surface area contributed by atoms with Crippen molar-refractivity contribution in [1.29, 1.82) is 0 Å². The summed E-state index contributed by atoms with van der Waals surface area (Å²) in [5.41, 5.74) is 0. The number of nitrogens with zero attached hydrogens (tertiary/aromatic N) is 1. The zero-order chi connectivity index (χ0) is 13.7. The molecule has 0 heterocycles. The standard InChI is InChI=1S/C6H14NO5P.C4H10/c1-6(12-13(10)11)7(2-4-8)3-5-9;1-3-4-2/h6,8-9H,2-5H2,1H3;3-4H2,1-2H3/p+1. The van der Waals surface area contributed by atoms with Crippen molar-refractivity contribution in [1.82, 2.24) is 4.90 Å². The molecule has 7 heteroatoms. The Bertz CT molecular complexity index is 174. The van der Waals surface area contributed by atoms with Crippen LogP contribution in [0.15, 0.2) is 0 Å². The van der Waals surface area contributed by atoms with Gasteiger partial charge in [-0.05, 0) is 6.92 Å². The van der Waals surface area contributed by atoms with Gasteiger partial charge in [-0.2, -0.15) is 0 Å². The first-order valence-corrected chi connectivity index (χ1v) is 6.95. The van der Waals surface area contributed by atoms with E-state index in [0.29, 0.717) is 13.1 Å². The third-order valence-corrected chi connectivity index (χ3v) is 2.52. The topological polar surface area (TPSA) is 90.2 Å². The Morgan fingerprint density at radius 3 is 1.82 bits per heavy atom. The average Bonchev–Trinajstić information content (AvgIpc) is 2.28. The highest BCUT2D eigenvalue weighted by molar-refractivity contribution is 7.32. The van der Waals surface area contributed by atoms with E-state index in [2.05, 4.69) is 18.4 Å². The summed E-state index contributed by atoms with van der Waals surface area (Å²) in [6.07, 6.45) is 2.05.